The predicted octanol–water partition coefficient (Wildman–Crippen LogP) is 4.66. The third-order valence-electron chi connectivity index (χ3n) is 7.52. The standard InChI is InChI=1S/C26H32FN5O2/c1-15-21-12-18(17-5-6-17)13-22(27)24(21)30-25(23(15)26-28-16(2)31-34-26)32-9-7-19(8-10-32)29-20-4-3-11-33-14-20/h12-13,17,19-20,29H,3-11,14H2,1-2H3/t20-/m1/s1. The Morgan fingerprint density at radius 1 is 1.03 bits per heavy atom. The maximum Gasteiger partial charge on any atom is 0.261 e. The van der Waals surface area contributed by atoms with Crippen molar-refractivity contribution in [3.63, 3.8) is 0 Å². The van der Waals surface area contributed by atoms with E-state index in [1.807, 2.05) is 13.8 Å². The first-order chi connectivity index (χ1) is 16.6. The van der Waals surface area contributed by atoms with Gasteiger partial charge in [0.25, 0.3) is 5.89 Å². The number of ether oxygens (including phenoxy) is 1. The molecule has 2 aliphatic heterocycles. The number of pyridine rings is 1. The summed E-state index contributed by atoms with van der Waals surface area (Å²) in [7, 11) is 0. The summed E-state index contributed by atoms with van der Waals surface area (Å²) in [5, 5.41) is 8.64. The second-order valence-corrected chi connectivity index (χ2v) is 10.1. The molecule has 0 amide bonds. The van der Waals surface area contributed by atoms with Gasteiger partial charge in [0.1, 0.15) is 17.2 Å². The first-order valence-corrected chi connectivity index (χ1v) is 12.6. The zero-order chi connectivity index (χ0) is 23.2. The van der Waals surface area contributed by atoms with Crippen LogP contribution in [-0.2, 0) is 4.74 Å². The van der Waals surface area contributed by atoms with Crippen molar-refractivity contribution in [3.8, 4) is 11.5 Å². The number of anilines is 1. The summed E-state index contributed by atoms with van der Waals surface area (Å²) >= 11 is 0. The van der Waals surface area contributed by atoms with Gasteiger partial charge in [-0.15, -0.1) is 0 Å². The van der Waals surface area contributed by atoms with E-state index in [2.05, 4.69) is 26.4 Å². The molecule has 1 N–H and O–H groups in total. The lowest BCUT2D eigenvalue weighted by molar-refractivity contribution is 0.0650. The van der Waals surface area contributed by atoms with Gasteiger partial charge in [0.05, 0.1) is 12.2 Å². The monoisotopic (exact) mass is 465 g/mol. The zero-order valence-corrected chi connectivity index (χ0v) is 19.9. The van der Waals surface area contributed by atoms with E-state index in [1.54, 1.807) is 6.07 Å². The molecule has 34 heavy (non-hydrogen) atoms. The van der Waals surface area contributed by atoms with Crippen molar-refractivity contribution in [2.24, 2.45) is 0 Å². The molecule has 1 saturated carbocycles. The summed E-state index contributed by atoms with van der Waals surface area (Å²) in [6.07, 6.45) is 6.55. The van der Waals surface area contributed by atoms with Crippen molar-refractivity contribution in [1.29, 1.82) is 0 Å². The van der Waals surface area contributed by atoms with Gasteiger partial charge in [-0.25, -0.2) is 9.37 Å². The molecule has 180 valence electrons. The minimum absolute atomic E-state index is 0.245. The highest BCUT2D eigenvalue weighted by Gasteiger charge is 2.30. The number of piperidine rings is 1. The van der Waals surface area contributed by atoms with E-state index in [0.717, 1.165) is 86.3 Å². The van der Waals surface area contributed by atoms with E-state index in [9.17, 15) is 0 Å². The fourth-order valence-electron chi connectivity index (χ4n) is 5.48. The first-order valence-electron chi connectivity index (χ1n) is 12.6. The van der Waals surface area contributed by atoms with E-state index < -0.39 is 0 Å². The molecule has 8 heteroatoms. The van der Waals surface area contributed by atoms with Crippen molar-refractivity contribution in [3.05, 3.63) is 34.9 Å². The lowest BCUT2D eigenvalue weighted by Gasteiger charge is -2.36. The van der Waals surface area contributed by atoms with Gasteiger partial charge in [0.2, 0.25) is 0 Å². The Morgan fingerprint density at radius 2 is 1.85 bits per heavy atom. The third kappa shape index (κ3) is 4.18. The second-order valence-electron chi connectivity index (χ2n) is 10.1. The Labute approximate surface area is 199 Å². The molecule has 1 aliphatic carbocycles. The number of nitrogens with zero attached hydrogens (tertiary/aromatic N) is 4. The van der Waals surface area contributed by atoms with Gasteiger partial charge < -0.3 is 19.5 Å². The maximum atomic E-state index is 15.3. The van der Waals surface area contributed by atoms with Gasteiger partial charge in [0.15, 0.2) is 5.82 Å². The molecule has 4 heterocycles. The largest absolute Gasteiger partial charge is 0.380 e. The average molecular weight is 466 g/mol. The van der Waals surface area contributed by atoms with Crippen LogP contribution >= 0.6 is 0 Å². The fraction of sp³-hybridized carbons (Fsp3) is 0.577. The van der Waals surface area contributed by atoms with Gasteiger partial charge in [-0.2, -0.15) is 4.98 Å². The quantitative estimate of drug-likeness (QED) is 0.587. The van der Waals surface area contributed by atoms with Crippen molar-refractivity contribution in [2.45, 2.75) is 70.4 Å². The minimum atomic E-state index is -0.245. The predicted molar refractivity (Wildman–Crippen MR) is 129 cm³/mol. The van der Waals surface area contributed by atoms with Gasteiger partial charge in [-0.3, -0.25) is 0 Å². The summed E-state index contributed by atoms with van der Waals surface area (Å²) in [6, 6.07) is 4.68. The number of benzene rings is 1. The lowest BCUT2D eigenvalue weighted by Crippen LogP contribution is -2.48. The number of halogens is 1. The molecule has 3 aromatic rings. The van der Waals surface area contributed by atoms with Crippen LogP contribution in [0.25, 0.3) is 22.4 Å². The van der Waals surface area contributed by atoms with E-state index in [-0.39, 0.29) is 5.82 Å². The van der Waals surface area contributed by atoms with E-state index in [0.29, 0.717) is 35.2 Å². The average Bonchev–Trinajstić information content (AvgIpc) is 3.61. The number of hydrogen-bond acceptors (Lipinski definition) is 7. The fourth-order valence-corrected chi connectivity index (χ4v) is 5.48. The summed E-state index contributed by atoms with van der Waals surface area (Å²) in [5.41, 5.74) is 3.27. The molecule has 0 spiro atoms. The minimum Gasteiger partial charge on any atom is -0.380 e. The Kier molecular flexibility index (Phi) is 5.73. The molecule has 6 rings (SSSR count). The molecule has 0 radical (unpaired) electrons. The third-order valence-corrected chi connectivity index (χ3v) is 7.52. The first kappa shape index (κ1) is 21.9. The van der Waals surface area contributed by atoms with Crippen LogP contribution in [0.1, 0.15) is 61.4 Å². The van der Waals surface area contributed by atoms with Crippen LogP contribution in [0.4, 0.5) is 10.2 Å². The molecule has 2 saturated heterocycles. The number of aryl methyl sites for hydroxylation is 2. The molecule has 7 nitrogen and oxygen atoms in total. The van der Waals surface area contributed by atoms with Gasteiger partial charge in [-0.05, 0) is 81.5 Å². The van der Waals surface area contributed by atoms with E-state index >= 15 is 4.39 Å². The van der Waals surface area contributed by atoms with Gasteiger partial charge >= 0.3 is 0 Å². The Balaban J connectivity index is 1.34. The molecule has 1 aromatic carbocycles. The van der Waals surface area contributed by atoms with Gasteiger partial charge in [0, 0.05) is 37.2 Å². The smallest absolute Gasteiger partial charge is 0.261 e. The topological polar surface area (TPSA) is 76.3 Å². The van der Waals surface area contributed by atoms with Crippen molar-refractivity contribution >= 4 is 16.7 Å². The lowest BCUT2D eigenvalue weighted by atomic mass is 9.97. The molecular weight excluding hydrogens is 433 g/mol. The normalized spacial score (nSPS) is 22.0. The second kappa shape index (κ2) is 8.89. The molecule has 3 aliphatic rings. The van der Waals surface area contributed by atoms with Crippen LogP contribution in [-0.4, -0.2) is 53.5 Å². The molecule has 1 atom stereocenters. The number of aromatic nitrogens is 3. The molecule has 3 fully saturated rings. The highest BCUT2D eigenvalue weighted by molar-refractivity contribution is 5.93. The van der Waals surface area contributed by atoms with E-state index in [1.165, 1.54) is 6.42 Å². The number of fused-ring (bicyclic) bond motifs is 1. The SMILES string of the molecule is Cc1noc(-c2c(N3CCC(N[C@@H]4CCCOC4)CC3)nc3c(F)cc(C4CC4)cc3c2C)n1. The zero-order valence-electron chi connectivity index (χ0n) is 19.9. The van der Waals surface area contributed by atoms with Crippen LogP contribution in [0.2, 0.25) is 0 Å². The van der Waals surface area contributed by atoms with E-state index in [4.69, 9.17) is 14.2 Å². The van der Waals surface area contributed by atoms with Crippen molar-refractivity contribution in [2.75, 3.05) is 31.2 Å². The highest BCUT2D eigenvalue weighted by Crippen LogP contribution is 2.43. The summed E-state index contributed by atoms with van der Waals surface area (Å²) < 4.78 is 26.5. The summed E-state index contributed by atoms with van der Waals surface area (Å²) in [5.74, 6) is 2.00. The van der Waals surface area contributed by atoms with Crippen LogP contribution in [0.3, 0.4) is 0 Å². The van der Waals surface area contributed by atoms with Gasteiger partial charge in [-0.1, -0.05) is 5.16 Å². The Morgan fingerprint density at radius 3 is 2.53 bits per heavy atom. The van der Waals surface area contributed by atoms with Crippen LogP contribution in [0.5, 0.6) is 0 Å². The maximum absolute atomic E-state index is 15.3. The number of nitrogens with one attached hydrogen (secondary N) is 1. The van der Waals surface area contributed by atoms with Crippen LogP contribution in [0, 0.1) is 19.7 Å². The molecular formula is C26H32FN5O2. The highest BCUT2D eigenvalue weighted by atomic mass is 19.1. The molecule has 2 aromatic heterocycles. The van der Waals surface area contributed by atoms with Crippen molar-refractivity contribution in [1.82, 2.24) is 20.4 Å². The van der Waals surface area contributed by atoms with Crippen molar-refractivity contribution < 1.29 is 13.7 Å². The Bertz CT molecular complexity index is 1190. The van der Waals surface area contributed by atoms with Crippen LogP contribution < -0.4 is 10.2 Å². The van der Waals surface area contributed by atoms with Crippen LogP contribution in [0.15, 0.2) is 16.7 Å². The Hall–Kier alpha value is -2.58. The molecule has 0 unspecified atom stereocenters. The molecule has 0 bridgehead atoms. The number of hydrogen-bond donors (Lipinski definition) is 1. The summed E-state index contributed by atoms with van der Waals surface area (Å²) in [4.78, 5) is 11.7. The number of rotatable bonds is 5. The summed E-state index contributed by atoms with van der Waals surface area (Å²) in [6.45, 7) is 7.19.